The second kappa shape index (κ2) is 5.98. The van der Waals surface area contributed by atoms with Crippen LogP contribution in [0.2, 0.25) is 0 Å². The van der Waals surface area contributed by atoms with E-state index in [1.807, 2.05) is 6.92 Å². The number of carbonyl (C=O) groups is 2. The van der Waals surface area contributed by atoms with Crippen LogP contribution >= 0.6 is 0 Å². The molecule has 1 aromatic rings. The average molecular weight is 277 g/mol. The van der Waals surface area contributed by atoms with Gasteiger partial charge in [-0.05, 0) is 25.8 Å². The van der Waals surface area contributed by atoms with Crippen LogP contribution < -0.4 is 0 Å². The number of amides is 1. The molecule has 2 heterocycles. The summed E-state index contributed by atoms with van der Waals surface area (Å²) in [5.41, 5.74) is 1.54. The molecule has 0 saturated carbocycles. The lowest BCUT2D eigenvalue weighted by atomic mass is 10.1. The summed E-state index contributed by atoms with van der Waals surface area (Å²) in [6.07, 6.45) is 2.25. The van der Waals surface area contributed by atoms with Crippen molar-refractivity contribution in [3.63, 3.8) is 0 Å². The lowest BCUT2D eigenvalue weighted by Crippen LogP contribution is -2.29. The van der Waals surface area contributed by atoms with Crippen molar-refractivity contribution in [2.45, 2.75) is 45.6 Å². The molecule has 1 saturated heterocycles. The van der Waals surface area contributed by atoms with Crippen LogP contribution in [0.15, 0.2) is 6.07 Å². The Kier molecular flexibility index (Phi) is 4.32. The number of hydrogen-bond donors (Lipinski definition) is 1. The lowest BCUT2D eigenvalue weighted by Gasteiger charge is -2.22. The highest BCUT2D eigenvalue weighted by atomic mass is 16.4. The van der Waals surface area contributed by atoms with Crippen molar-refractivity contribution < 1.29 is 14.7 Å². The number of carboxylic acids is 1. The van der Waals surface area contributed by atoms with E-state index < -0.39 is 5.97 Å². The first-order valence-electron chi connectivity index (χ1n) is 6.81. The summed E-state index contributed by atoms with van der Waals surface area (Å²) in [6, 6.07) is 1.73. The van der Waals surface area contributed by atoms with Gasteiger partial charge in [-0.2, -0.15) is 0 Å². The maximum absolute atomic E-state index is 11.6. The smallest absolute Gasteiger partial charge is 0.303 e. The number of likely N-dealkylation sites (tertiary alicyclic amines) is 1. The zero-order chi connectivity index (χ0) is 14.7. The van der Waals surface area contributed by atoms with E-state index in [4.69, 9.17) is 5.11 Å². The Labute approximate surface area is 117 Å². The lowest BCUT2D eigenvalue weighted by molar-refractivity contribution is -0.137. The second-order valence-electron chi connectivity index (χ2n) is 5.12. The van der Waals surface area contributed by atoms with E-state index >= 15 is 0 Å². The number of carbonyl (C=O) groups excluding carboxylic acids is 1. The van der Waals surface area contributed by atoms with Gasteiger partial charge in [0.05, 0.1) is 12.5 Å². The van der Waals surface area contributed by atoms with Crippen molar-refractivity contribution in [3.8, 4) is 0 Å². The Morgan fingerprint density at radius 1 is 1.45 bits per heavy atom. The van der Waals surface area contributed by atoms with Gasteiger partial charge in [0.1, 0.15) is 0 Å². The fourth-order valence-corrected chi connectivity index (χ4v) is 2.58. The molecule has 1 N–H and O–H groups in total. The summed E-state index contributed by atoms with van der Waals surface area (Å²) in [5, 5.41) is 8.74. The molecule has 0 aliphatic carbocycles. The highest BCUT2D eigenvalue weighted by Gasteiger charge is 2.30. The summed E-state index contributed by atoms with van der Waals surface area (Å²) in [5.74, 6) is -0.170. The summed E-state index contributed by atoms with van der Waals surface area (Å²) >= 11 is 0. The minimum atomic E-state index is -0.839. The molecule has 1 atom stereocenters. The van der Waals surface area contributed by atoms with Crippen LogP contribution in [0.4, 0.5) is 0 Å². The standard InChI is InChI=1S/C14H19N3O3/c1-9-8-11(5-6-13(19)20)16-14(15-9)12-4-3-7-17(12)10(2)18/h8,12H,3-7H2,1-2H3,(H,19,20)/t12-/m0/s1. The van der Waals surface area contributed by atoms with Crippen LogP contribution in [0.3, 0.4) is 0 Å². The normalized spacial score (nSPS) is 18.3. The molecule has 2 rings (SSSR count). The highest BCUT2D eigenvalue weighted by molar-refractivity contribution is 5.74. The van der Waals surface area contributed by atoms with Crippen LogP contribution in [0.25, 0.3) is 0 Å². The molecule has 1 aliphatic heterocycles. The van der Waals surface area contributed by atoms with Gasteiger partial charge in [0.2, 0.25) is 5.91 Å². The summed E-state index contributed by atoms with van der Waals surface area (Å²) in [6.45, 7) is 4.16. The third-order valence-electron chi connectivity index (χ3n) is 3.47. The molecule has 20 heavy (non-hydrogen) atoms. The monoisotopic (exact) mass is 277 g/mol. The van der Waals surface area contributed by atoms with Crippen molar-refractivity contribution in [2.75, 3.05) is 6.54 Å². The van der Waals surface area contributed by atoms with E-state index in [1.54, 1.807) is 17.9 Å². The highest BCUT2D eigenvalue weighted by Crippen LogP contribution is 2.30. The first-order chi connectivity index (χ1) is 9.47. The van der Waals surface area contributed by atoms with Gasteiger partial charge in [-0.25, -0.2) is 9.97 Å². The fraction of sp³-hybridized carbons (Fsp3) is 0.571. The first kappa shape index (κ1) is 14.4. The summed E-state index contributed by atoms with van der Waals surface area (Å²) < 4.78 is 0. The van der Waals surface area contributed by atoms with Gasteiger partial charge in [-0.15, -0.1) is 0 Å². The molecule has 0 spiro atoms. The Bertz CT molecular complexity index is 530. The van der Waals surface area contributed by atoms with Gasteiger partial charge in [-0.3, -0.25) is 9.59 Å². The van der Waals surface area contributed by atoms with E-state index in [0.29, 0.717) is 12.2 Å². The van der Waals surface area contributed by atoms with Gasteiger partial charge < -0.3 is 10.0 Å². The summed E-state index contributed by atoms with van der Waals surface area (Å²) in [7, 11) is 0. The summed E-state index contributed by atoms with van der Waals surface area (Å²) in [4.78, 5) is 32.9. The van der Waals surface area contributed by atoms with E-state index in [0.717, 1.165) is 30.8 Å². The molecule has 0 aromatic carbocycles. The van der Waals surface area contributed by atoms with E-state index in [9.17, 15) is 9.59 Å². The number of aliphatic carboxylic acids is 1. The average Bonchev–Trinajstić information content (AvgIpc) is 2.85. The van der Waals surface area contributed by atoms with Crippen molar-refractivity contribution in [3.05, 3.63) is 23.3 Å². The van der Waals surface area contributed by atoms with Gasteiger partial charge >= 0.3 is 5.97 Å². The fourth-order valence-electron chi connectivity index (χ4n) is 2.58. The number of carboxylic acid groups (broad SMARTS) is 1. The molecule has 6 heteroatoms. The van der Waals surface area contributed by atoms with E-state index in [1.165, 1.54) is 0 Å². The number of aryl methyl sites for hydroxylation is 2. The Hall–Kier alpha value is -1.98. The van der Waals surface area contributed by atoms with Crippen LogP contribution in [-0.2, 0) is 16.0 Å². The van der Waals surface area contributed by atoms with Crippen LogP contribution in [0.1, 0.15) is 49.4 Å². The van der Waals surface area contributed by atoms with Crippen molar-refractivity contribution in [1.82, 2.24) is 14.9 Å². The largest absolute Gasteiger partial charge is 0.481 e. The molecular formula is C14H19N3O3. The van der Waals surface area contributed by atoms with Gasteiger partial charge in [-0.1, -0.05) is 0 Å². The number of rotatable bonds is 4. The van der Waals surface area contributed by atoms with Gasteiger partial charge in [0, 0.05) is 31.3 Å². The zero-order valence-corrected chi connectivity index (χ0v) is 11.8. The Morgan fingerprint density at radius 2 is 2.20 bits per heavy atom. The van der Waals surface area contributed by atoms with Crippen LogP contribution in [-0.4, -0.2) is 38.4 Å². The third kappa shape index (κ3) is 3.31. The zero-order valence-electron chi connectivity index (χ0n) is 11.8. The predicted molar refractivity (Wildman–Crippen MR) is 72.1 cm³/mol. The predicted octanol–water partition coefficient (Wildman–Crippen LogP) is 1.49. The molecule has 0 radical (unpaired) electrons. The minimum absolute atomic E-state index is 0.0321. The number of aromatic nitrogens is 2. The maximum atomic E-state index is 11.6. The molecule has 6 nitrogen and oxygen atoms in total. The molecule has 1 aliphatic rings. The van der Waals surface area contributed by atoms with E-state index in [2.05, 4.69) is 9.97 Å². The first-order valence-corrected chi connectivity index (χ1v) is 6.81. The topological polar surface area (TPSA) is 83.4 Å². The van der Waals surface area contributed by atoms with Gasteiger partial charge in [0.25, 0.3) is 0 Å². The molecule has 108 valence electrons. The molecular weight excluding hydrogens is 258 g/mol. The van der Waals surface area contributed by atoms with Crippen molar-refractivity contribution in [1.29, 1.82) is 0 Å². The molecule has 0 bridgehead atoms. The minimum Gasteiger partial charge on any atom is -0.481 e. The number of hydrogen-bond acceptors (Lipinski definition) is 4. The Morgan fingerprint density at radius 3 is 2.85 bits per heavy atom. The van der Waals surface area contributed by atoms with Crippen LogP contribution in [0.5, 0.6) is 0 Å². The van der Waals surface area contributed by atoms with Crippen molar-refractivity contribution in [2.24, 2.45) is 0 Å². The van der Waals surface area contributed by atoms with E-state index in [-0.39, 0.29) is 18.4 Å². The second-order valence-corrected chi connectivity index (χ2v) is 5.12. The quantitative estimate of drug-likeness (QED) is 0.901. The Balaban J connectivity index is 2.23. The SMILES string of the molecule is CC(=O)N1CCC[C@H]1c1nc(C)cc(CCC(=O)O)n1. The van der Waals surface area contributed by atoms with Crippen LogP contribution in [0, 0.1) is 6.92 Å². The molecule has 1 amide bonds. The third-order valence-corrected chi connectivity index (χ3v) is 3.47. The van der Waals surface area contributed by atoms with Crippen molar-refractivity contribution >= 4 is 11.9 Å². The molecule has 1 fully saturated rings. The molecule has 1 aromatic heterocycles. The maximum Gasteiger partial charge on any atom is 0.303 e. The number of nitrogens with zero attached hydrogens (tertiary/aromatic N) is 3. The molecule has 0 unspecified atom stereocenters. The van der Waals surface area contributed by atoms with Gasteiger partial charge in [0.15, 0.2) is 5.82 Å².